The third-order valence-electron chi connectivity index (χ3n) is 4.41. The molecule has 4 aliphatic rings. The fourth-order valence-corrected chi connectivity index (χ4v) is 3.58. The standard InChI is InChI=1S/C12H10N4O/c13-5-11-7-1-3-8(4-2-7)12(11,6-14)10(17)16-9(11)15/h1,3,7-8H,2,4H2,(H2,15,16,17)/t7-,8-,11+,12+/m1/s1. The summed E-state index contributed by atoms with van der Waals surface area (Å²) in [5.74, 6) is -0.939. The lowest BCUT2D eigenvalue weighted by Crippen LogP contribution is -2.59. The van der Waals surface area contributed by atoms with Gasteiger partial charge in [-0.3, -0.25) is 4.79 Å². The van der Waals surface area contributed by atoms with Crippen molar-refractivity contribution >= 4 is 11.7 Å². The number of rotatable bonds is 0. The minimum atomic E-state index is -1.39. The number of fused-ring (bicyclic) bond motifs is 1. The van der Waals surface area contributed by atoms with Crippen LogP contribution in [0.4, 0.5) is 0 Å². The predicted octanol–water partition coefficient (Wildman–Crippen LogP) is 0.500. The lowest BCUT2D eigenvalue weighted by atomic mass is 9.46. The van der Waals surface area contributed by atoms with Crippen molar-refractivity contribution in [3.63, 3.8) is 0 Å². The highest BCUT2D eigenvalue weighted by molar-refractivity contribution is 6.12. The molecule has 0 saturated heterocycles. The monoisotopic (exact) mass is 226 g/mol. The Kier molecular flexibility index (Phi) is 1.63. The van der Waals surface area contributed by atoms with Crippen LogP contribution in [0.2, 0.25) is 0 Å². The maximum atomic E-state index is 12.1. The molecular formula is C12H10N4O. The van der Waals surface area contributed by atoms with E-state index in [0.717, 1.165) is 12.8 Å². The highest BCUT2D eigenvalue weighted by Gasteiger charge is 2.73. The third-order valence-corrected chi connectivity index (χ3v) is 4.41. The van der Waals surface area contributed by atoms with Crippen molar-refractivity contribution < 1.29 is 4.79 Å². The molecule has 2 bridgehead atoms. The van der Waals surface area contributed by atoms with Gasteiger partial charge in [-0.25, -0.2) is 0 Å². The Balaban J connectivity index is 2.37. The fourth-order valence-electron chi connectivity index (χ4n) is 3.58. The molecule has 0 aromatic heterocycles. The van der Waals surface area contributed by atoms with Crippen LogP contribution in [0.3, 0.4) is 0 Å². The first-order valence-electron chi connectivity index (χ1n) is 5.53. The number of nitriles is 2. The van der Waals surface area contributed by atoms with E-state index in [0.29, 0.717) is 0 Å². The highest BCUT2D eigenvalue weighted by atomic mass is 16.2. The van der Waals surface area contributed by atoms with Crippen LogP contribution in [0.5, 0.6) is 0 Å². The second-order valence-electron chi connectivity index (χ2n) is 4.82. The molecule has 5 nitrogen and oxygen atoms in total. The summed E-state index contributed by atoms with van der Waals surface area (Å²) in [6.07, 6.45) is 5.31. The van der Waals surface area contributed by atoms with Crippen LogP contribution in [0.1, 0.15) is 12.8 Å². The van der Waals surface area contributed by atoms with E-state index in [4.69, 9.17) is 5.73 Å². The van der Waals surface area contributed by atoms with Crippen molar-refractivity contribution in [3.8, 4) is 12.1 Å². The van der Waals surface area contributed by atoms with E-state index in [1.807, 2.05) is 12.2 Å². The van der Waals surface area contributed by atoms with Gasteiger partial charge in [0, 0.05) is 11.8 Å². The Labute approximate surface area is 98.2 Å². The van der Waals surface area contributed by atoms with Crippen molar-refractivity contribution in [2.45, 2.75) is 12.8 Å². The van der Waals surface area contributed by atoms with E-state index in [2.05, 4.69) is 17.1 Å². The van der Waals surface area contributed by atoms with Crippen LogP contribution < -0.4 is 5.73 Å². The third kappa shape index (κ3) is 0.754. The molecule has 0 spiro atoms. The molecule has 1 fully saturated rings. The topological polar surface area (TPSA) is 103 Å². The summed E-state index contributed by atoms with van der Waals surface area (Å²) >= 11 is 0. The van der Waals surface area contributed by atoms with Crippen molar-refractivity contribution in [2.75, 3.05) is 0 Å². The number of hydrogen-bond donors (Lipinski definition) is 1. The number of hydrogen-bond acceptors (Lipinski definition) is 4. The maximum absolute atomic E-state index is 12.1. The molecule has 1 aliphatic heterocycles. The van der Waals surface area contributed by atoms with Crippen LogP contribution >= 0.6 is 0 Å². The number of amidine groups is 1. The summed E-state index contributed by atoms with van der Waals surface area (Å²) in [5, 5.41) is 19.0. The number of amides is 1. The van der Waals surface area contributed by atoms with E-state index in [-0.39, 0.29) is 17.7 Å². The van der Waals surface area contributed by atoms with E-state index >= 15 is 0 Å². The van der Waals surface area contributed by atoms with Gasteiger partial charge < -0.3 is 5.73 Å². The van der Waals surface area contributed by atoms with E-state index in [9.17, 15) is 15.3 Å². The van der Waals surface area contributed by atoms with E-state index in [1.54, 1.807) is 0 Å². The summed E-state index contributed by atoms with van der Waals surface area (Å²) in [4.78, 5) is 15.8. The second-order valence-corrected chi connectivity index (χ2v) is 4.82. The minimum Gasteiger partial charge on any atom is -0.386 e. The zero-order valence-electron chi connectivity index (χ0n) is 9.05. The molecule has 0 unspecified atom stereocenters. The van der Waals surface area contributed by atoms with Crippen LogP contribution in [-0.2, 0) is 4.79 Å². The van der Waals surface area contributed by atoms with Gasteiger partial charge in [-0.15, -0.1) is 0 Å². The van der Waals surface area contributed by atoms with Crippen LogP contribution in [0, 0.1) is 45.3 Å². The second kappa shape index (κ2) is 2.75. The van der Waals surface area contributed by atoms with Crippen molar-refractivity contribution in [2.24, 2.45) is 33.4 Å². The lowest BCUT2D eigenvalue weighted by molar-refractivity contribution is -0.131. The highest BCUT2D eigenvalue weighted by Crippen LogP contribution is 2.63. The molecule has 2 N–H and O–H groups in total. The Morgan fingerprint density at radius 1 is 1.24 bits per heavy atom. The summed E-state index contributed by atoms with van der Waals surface area (Å²) in [5.41, 5.74) is 3.17. The Hall–Kier alpha value is -2.14. The molecule has 4 atom stereocenters. The molecule has 0 aromatic carbocycles. The average molecular weight is 226 g/mol. The summed E-state index contributed by atoms with van der Waals surface area (Å²) < 4.78 is 0. The summed E-state index contributed by atoms with van der Waals surface area (Å²) in [6.45, 7) is 0. The zero-order chi connectivity index (χ0) is 12.3. The Bertz CT molecular complexity index is 564. The average Bonchev–Trinajstić information content (AvgIpc) is 2.61. The zero-order valence-corrected chi connectivity index (χ0v) is 9.05. The number of nitrogens with zero attached hydrogens (tertiary/aromatic N) is 3. The van der Waals surface area contributed by atoms with Gasteiger partial charge in [0.25, 0.3) is 5.91 Å². The number of nitrogens with two attached hydrogens (primary N) is 1. The molecule has 4 rings (SSSR count). The molecule has 0 radical (unpaired) electrons. The minimum absolute atomic E-state index is 0.0191. The fraction of sp³-hybridized carbons (Fsp3) is 0.500. The SMILES string of the molecule is N#C[C@]12C(=O)N=C(N)[C@]1(C#N)[C@@H]1C=C[C@@H]2CC1. The molecule has 0 aromatic rings. The van der Waals surface area contributed by atoms with Gasteiger partial charge in [0.1, 0.15) is 11.3 Å². The quantitative estimate of drug-likeness (QED) is 0.607. The molecule has 1 saturated carbocycles. The van der Waals surface area contributed by atoms with Crippen molar-refractivity contribution in [3.05, 3.63) is 12.2 Å². The molecule has 1 amide bonds. The van der Waals surface area contributed by atoms with Gasteiger partial charge in [-0.2, -0.15) is 15.5 Å². The van der Waals surface area contributed by atoms with Gasteiger partial charge in [0.15, 0.2) is 5.41 Å². The van der Waals surface area contributed by atoms with Crippen molar-refractivity contribution in [1.29, 1.82) is 10.5 Å². The largest absolute Gasteiger partial charge is 0.386 e. The first kappa shape index (κ1) is 10.0. The smallest absolute Gasteiger partial charge is 0.270 e. The van der Waals surface area contributed by atoms with Crippen molar-refractivity contribution in [1.82, 2.24) is 0 Å². The molecule has 3 aliphatic carbocycles. The lowest BCUT2D eigenvalue weighted by Gasteiger charge is -2.50. The summed E-state index contributed by atoms with van der Waals surface area (Å²) in [7, 11) is 0. The molecule has 5 heteroatoms. The van der Waals surface area contributed by atoms with Gasteiger partial charge >= 0.3 is 0 Å². The van der Waals surface area contributed by atoms with Crippen LogP contribution in [-0.4, -0.2) is 11.7 Å². The molecule has 1 heterocycles. The number of carbonyl (C=O) groups is 1. The van der Waals surface area contributed by atoms with Gasteiger partial charge in [-0.05, 0) is 12.8 Å². The Morgan fingerprint density at radius 2 is 1.76 bits per heavy atom. The van der Waals surface area contributed by atoms with Crippen LogP contribution in [0.15, 0.2) is 17.1 Å². The van der Waals surface area contributed by atoms with E-state index < -0.39 is 16.7 Å². The Morgan fingerprint density at radius 3 is 2.18 bits per heavy atom. The number of carbonyl (C=O) groups excluding carboxylic acids is 1. The first-order chi connectivity index (χ1) is 8.13. The normalized spacial score (nSPS) is 46.0. The van der Waals surface area contributed by atoms with Crippen LogP contribution in [0.25, 0.3) is 0 Å². The van der Waals surface area contributed by atoms with Gasteiger partial charge in [-0.1, -0.05) is 12.2 Å². The summed E-state index contributed by atoms with van der Waals surface area (Å²) in [6, 6.07) is 4.20. The first-order valence-corrected chi connectivity index (χ1v) is 5.53. The number of allylic oxidation sites excluding steroid dienone is 2. The molecule has 17 heavy (non-hydrogen) atoms. The van der Waals surface area contributed by atoms with Gasteiger partial charge in [0.2, 0.25) is 0 Å². The maximum Gasteiger partial charge on any atom is 0.270 e. The van der Waals surface area contributed by atoms with E-state index in [1.165, 1.54) is 0 Å². The molecule has 84 valence electrons. The predicted molar refractivity (Wildman–Crippen MR) is 58.1 cm³/mol. The molecular weight excluding hydrogens is 216 g/mol. The van der Waals surface area contributed by atoms with Gasteiger partial charge in [0.05, 0.1) is 12.1 Å². The number of aliphatic imine (C=N–C) groups is 1.